The van der Waals surface area contributed by atoms with E-state index in [0.717, 1.165) is 25.8 Å². The highest BCUT2D eigenvalue weighted by atomic mass is 16.2. The third kappa shape index (κ3) is 2.87. The normalized spacial score (nSPS) is 24.2. The van der Waals surface area contributed by atoms with Crippen LogP contribution in [0.2, 0.25) is 0 Å². The van der Waals surface area contributed by atoms with E-state index < -0.39 is 0 Å². The van der Waals surface area contributed by atoms with Gasteiger partial charge in [0.05, 0.1) is 5.92 Å². The van der Waals surface area contributed by atoms with Crippen LogP contribution in [-0.2, 0) is 16.0 Å². The molecular formula is C19H25N3O2. The molecule has 0 aromatic heterocycles. The number of hydrogen-bond acceptors (Lipinski definition) is 3. The number of para-hydroxylation sites is 1. The number of rotatable bonds is 5. The minimum atomic E-state index is -0.170. The number of likely N-dealkylation sites (tertiary alicyclic amines) is 1. The smallest absolute Gasteiger partial charge is 0.225 e. The summed E-state index contributed by atoms with van der Waals surface area (Å²) in [7, 11) is 0. The van der Waals surface area contributed by atoms with Crippen molar-refractivity contribution in [3.05, 3.63) is 29.8 Å². The van der Waals surface area contributed by atoms with E-state index in [1.165, 1.54) is 11.3 Å². The van der Waals surface area contributed by atoms with Gasteiger partial charge >= 0.3 is 0 Å². The van der Waals surface area contributed by atoms with Crippen molar-refractivity contribution in [2.45, 2.75) is 44.7 Å². The molecule has 1 saturated carbocycles. The molecule has 0 spiro atoms. The molecule has 2 fully saturated rings. The van der Waals surface area contributed by atoms with Gasteiger partial charge in [0.1, 0.15) is 0 Å². The lowest BCUT2D eigenvalue weighted by Gasteiger charge is -2.28. The highest BCUT2D eigenvalue weighted by Gasteiger charge is 2.41. The highest BCUT2D eigenvalue weighted by molar-refractivity contribution is 5.89. The minimum Gasteiger partial charge on any atom is -0.366 e. The van der Waals surface area contributed by atoms with Crippen LogP contribution in [0.25, 0.3) is 0 Å². The van der Waals surface area contributed by atoms with Crippen molar-refractivity contribution in [3.8, 4) is 0 Å². The largest absolute Gasteiger partial charge is 0.366 e. The molecule has 1 aromatic rings. The van der Waals surface area contributed by atoms with Gasteiger partial charge in [-0.15, -0.1) is 0 Å². The SMILES string of the molecule is C[C@@H](CNC(=O)[C@@H]1CC(=O)N(C2CC2)C1)N1CCc2ccccc21. The van der Waals surface area contributed by atoms with Crippen LogP contribution in [0.4, 0.5) is 5.69 Å². The molecule has 0 bridgehead atoms. The molecule has 1 saturated heterocycles. The molecule has 24 heavy (non-hydrogen) atoms. The van der Waals surface area contributed by atoms with Gasteiger partial charge < -0.3 is 15.1 Å². The Bertz CT molecular complexity index is 656. The van der Waals surface area contributed by atoms with Gasteiger partial charge in [-0.1, -0.05) is 18.2 Å². The molecule has 2 atom stereocenters. The van der Waals surface area contributed by atoms with Crippen molar-refractivity contribution >= 4 is 17.5 Å². The molecule has 5 heteroatoms. The standard InChI is InChI=1S/C19H25N3O2/c1-13(21-9-8-14-4-2-3-5-17(14)21)11-20-19(24)15-10-18(23)22(12-15)16-6-7-16/h2-5,13,15-16H,6-12H2,1H3,(H,20,24)/t13-,15+/m0/s1. The van der Waals surface area contributed by atoms with E-state index in [1.807, 2.05) is 4.90 Å². The van der Waals surface area contributed by atoms with Gasteiger partial charge in [-0.2, -0.15) is 0 Å². The van der Waals surface area contributed by atoms with Gasteiger partial charge in [0.25, 0.3) is 0 Å². The van der Waals surface area contributed by atoms with E-state index in [9.17, 15) is 9.59 Å². The third-order valence-corrected chi connectivity index (χ3v) is 5.54. The summed E-state index contributed by atoms with van der Waals surface area (Å²) in [5, 5.41) is 3.07. The maximum atomic E-state index is 12.4. The summed E-state index contributed by atoms with van der Waals surface area (Å²) in [6.45, 7) is 4.39. The fourth-order valence-electron chi connectivity index (χ4n) is 3.97. The number of benzene rings is 1. The van der Waals surface area contributed by atoms with Crippen molar-refractivity contribution < 1.29 is 9.59 Å². The van der Waals surface area contributed by atoms with Crippen LogP contribution in [0, 0.1) is 5.92 Å². The summed E-state index contributed by atoms with van der Waals surface area (Å²) in [5.74, 6) is 0.0150. The zero-order valence-electron chi connectivity index (χ0n) is 14.2. The molecule has 0 unspecified atom stereocenters. The van der Waals surface area contributed by atoms with Gasteiger partial charge in [0.15, 0.2) is 0 Å². The Morgan fingerprint density at radius 1 is 1.33 bits per heavy atom. The predicted octanol–water partition coefficient (Wildman–Crippen LogP) is 1.56. The van der Waals surface area contributed by atoms with Crippen LogP contribution < -0.4 is 10.2 Å². The molecule has 3 aliphatic rings. The van der Waals surface area contributed by atoms with E-state index in [2.05, 4.69) is 41.4 Å². The second-order valence-electron chi connectivity index (χ2n) is 7.34. The van der Waals surface area contributed by atoms with E-state index in [1.54, 1.807) is 0 Å². The molecule has 2 amide bonds. The molecule has 1 aromatic carbocycles. The zero-order valence-corrected chi connectivity index (χ0v) is 14.2. The number of fused-ring (bicyclic) bond motifs is 1. The Balaban J connectivity index is 1.31. The molecule has 5 nitrogen and oxygen atoms in total. The Labute approximate surface area is 143 Å². The molecule has 128 valence electrons. The number of nitrogens with one attached hydrogen (secondary N) is 1. The fraction of sp³-hybridized carbons (Fsp3) is 0.579. The van der Waals surface area contributed by atoms with Crippen molar-refractivity contribution in [2.24, 2.45) is 5.92 Å². The Morgan fingerprint density at radius 3 is 2.92 bits per heavy atom. The van der Waals surface area contributed by atoms with Gasteiger partial charge in [0, 0.05) is 43.8 Å². The Kier molecular flexibility index (Phi) is 3.94. The number of hydrogen-bond donors (Lipinski definition) is 1. The van der Waals surface area contributed by atoms with Crippen LogP contribution >= 0.6 is 0 Å². The van der Waals surface area contributed by atoms with Gasteiger partial charge in [-0.05, 0) is 37.8 Å². The second-order valence-corrected chi connectivity index (χ2v) is 7.34. The number of nitrogens with zero attached hydrogens (tertiary/aromatic N) is 2. The summed E-state index contributed by atoms with van der Waals surface area (Å²) in [6.07, 6.45) is 3.65. The average Bonchev–Trinajstić information content (AvgIpc) is 3.21. The van der Waals surface area contributed by atoms with Crippen molar-refractivity contribution in [1.82, 2.24) is 10.2 Å². The lowest BCUT2D eigenvalue weighted by atomic mass is 10.1. The summed E-state index contributed by atoms with van der Waals surface area (Å²) >= 11 is 0. The van der Waals surface area contributed by atoms with Crippen LogP contribution in [0.5, 0.6) is 0 Å². The summed E-state index contributed by atoms with van der Waals surface area (Å²) in [4.78, 5) is 28.7. The first-order chi connectivity index (χ1) is 11.6. The predicted molar refractivity (Wildman–Crippen MR) is 92.8 cm³/mol. The molecule has 1 aliphatic carbocycles. The number of carbonyl (C=O) groups excluding carboxylic acids is 2. The highest BCUT2D eigenvalue weighted by Crippen LogP contribution is 2.33. The maximum Gasteiger partial charge on any atom is 0.225 e. The monoisotopic (exact) mass is 327 g/mol. The molecule has 0 radical (unpaired) electrons. The van der Waals surface area contributed by atoms with E-state index in [0.29, 0.717) is 25.6 Å². The quantitative estimate of drug-likeness (QED) is 0.893. The fourth-order valence-corrected chi connectivity index (χ4v) is 3.97. The maximum absolute atomic E-state index is 12.4. The third-order valence-electron chi connectivity index (χ3n) is 5.54. The Hall–Kier alpha value is -2.04. The van der Waals surface area contributed by atoms with E-state index >= 15 is 0 Å². The van der Waals surface area contributed by atoms with Gasteiger partial charge in [0.2, 0.25) is 11.8 Å². The molecule has 4 rings (SSSR count). The topological polar surface area (TPSA) is 52.7 Å². The second kappa shape index (κ2) is 6.11. The number of amides is 2. The molecule has 2 aliphatic heterocycles. The van der Waals surface area contributed by atoms with Crippen molar-refractivity contribution in [2.75, 3.05) is 24.5 Å². The summed E-state index contributed by atoms with van der Waals surface area (Å²) < 4.78 is 0. The molecular weight excluding hydrogens is 302 g/mol. The molecule has 2 heterocycles. The van der Waals surface area contributed by atoms with E-state index in [-0.39, 0.29) is 23.8 Å². The van der Waals surface area contributed by atoms with Crippen molar-refractivity contribution in [1.29, 1.82) is 0 Å². The lowest BCUT2D eigenvalue weighted by molar-refractivity contribution is -0.129. The molecule has 1 N–H and O–H groups in total. The van der Waals surface area contributed by atoms with Crippen LogP contribution in [-0.4, -0.2) is 48.4 Å². The van der Waals surface area contributed by atoms with Gasteiger partial charge in [-0.3, -0.25) is 9.59 Å². The first kappa shape index (κ1) is 15.5. The Morgan fingerprint density at radius 2 is 2.12 bits per heavy atom. The van der Waals surface area contributed by atoms with Gasteiger partial charge in [-0.25, -0.2) is 0 Å². The number of carbonyl (C=O) groups is 2. The zero-order chi connectivity index (χ0) is 16.7. The van der Waals surface area contributed by atoms with Crippen molar-refractivity contribution in [3.63, 3.8) is 0 Å². The van der Waals surface area contributed by atoms with Crippen LogP contribution in [0.15, 0.2) is 24.3 Å². The first-order valence-electron chi connectivity index (χ1n) is 9.05. The number of anilines is 1. The summed E-state index contributed by atoms with van der Waals surface area (Å²) in [6, 6.07) is 9.15. The average molecular weight is 327 g/mol. The lowest BCUT2D eigenvalue weighted by Crippen LogP contribution is -2.43. The first-order valence-corrected chi connectivity index (χ1v) is 9.05. The van der Waals surface area contributed by atoms with Crippen LogP contribution in [0.1, 0.15) is 31.7 Å². The summed E-state index contributed by atoms with van der Waals surface area (Å²) in [5.41, 5.74) is 2.67. The minimum absolute atomic E-state index is 0.0332. The van der Waals surface area contributed by atoms with E-state index in [4.69, 9.17) is 0 Å². The van der Waals surface area contributed by atoms with Crippen LogP contribution in [0.3, 0.4) is 0 Å².